The van der Waals surface area contributed by atoms with Gasteiger partial charge in [0.25, 0.3) is 0 Å². The molecule has 1 unspecified atom stereocenters. The molecular weight excluding hydrogens is 166 g/mol. The maximum atomic E-state index is 11.1. The molecule has 0 saturated heterocycles. The van der Waals surface area contributed by atoms with Crippen LogP contribution in [0.15, 0.2) is 12.2 Å². The molecule has 13 heavy (non-hydrogen) atoms. The number of nitrogens with one attached hydrogen (secondary N) is 1. The molecule has 0 rings (SSSR count). The summed E-state index contributed by atoms with van der Waals surface area (Å²) in [7, 11) is 0. The Morgan fingerprint density at radius 1 is 1.62 bits per heavy atom. The zero-order valence-electron chi connectivity index (χ0n) is 8.72. The second-order valence-corrected chi connectivity index (χ2v) is 3.17. The Morgan fingerprint density at radius 3 is 2.69 bits per heavy atom. The highest BCUT2D eigenvalue weighted by molar-refractivity contribution is 5.92. The fourth-order valence-electron chi connectivity index (χ4n) is 0.765. The first-order valence-corrected chi connectivity index (χ1v) is 4.63. The summed E-state index contributed by atoms with van der Waals surface area (Å²) in [5.41, 5.74) is 0.530. The second kappa shape index (κ2) is 6.66. The lowest BCUT2D eigenvalue weighted by molar-refractivity contribution is -0.118. The second-order valence-electron chi connectivity index (χ2n) is 3.17. The predicted molar refractivity (Wildman–Crippen MR) is 53.5 cm³/mol. The lowest BCUT2D eigenvalue weighted by atomic mass is 10.3. The zero-order chi connectivity index (χ0) is 10.3. The molecule has 0 aliphatic rings. The van der Waals surface area contributed by atoms with E-state index >= 15 is 0 Å². The Morgan fingerprint density at radius 2 is 2.23 bits per heavy atom. The highest BCUT2D eigenvalue weighted by Crippen LogP contribution is 1.92. The van der Waals surface area contributed by atoms with E-state index in [0.717, 1.165) is 13.0 Å². The molecule has 0 aliphatic carbocycles. The average Bonchev–Trinajstić information content (AvgIpc) is 2.10. The first-order valence-electron chi connectivity index (χ1n) is 4.63. The van der Waals surface area contributed by atoms with Crippen LogP contribution < -0.4 is 5.32 Å². The van der Waals surface area contributed by atoms with Gasteiger partial charge in [0.1, 0.15) is 0 Å². The van der Waals surface area contributed by atoms with E-state index in [1.165, 1.54) is 0 Å². The van der Waals surface area contributed by atoms with Crippen LogP contribution in [-0.2, 0) is 9.53 Å². The van der Waals surface area contributed by atoms with E-state index in [2.05, 4.69) is 18.8 Å². The van der Waals surface area contributed by atoms with E-state index in [9.17, 15) is 4.79 Å². The summed E-state index contributed by atoms with van der Waals surface area (Å²) >= 11 is 0. The summed E-state index contributed by atoms with van der Waals surface area (Å²) in [6, 6.07) is 0. The largest absolute Gasteiger partial charge is 0.377 e. The molecule has 0 heterocycles. The highest BCUT2D eigenvalue weighted by Gasteiger charge is 2.04. The number of carbonyl (C=O) groups is 1. The molecule has 0 fully saturated rings. The van der Waals surface area contributed by atoms with Crippen LogP contribution in [0.1, 0.15) is 27.2 Å². The molecule has 1 atom stereocenters. The van der Waals surface area contributed by atoms with Crippen molar-refractivity contribution in [3.05, 3.63) is 12.2 Å². The van der Waals surface area contributed by atoms with E-state index in [4.69, 9.17) is 4.74 Å². The van der Waals surface area contributed by atoms with Gasteiger partial charge in [0, 0.05) is 18.7 Å². The monoisotopic (exact) mass is 185 g/mol. The molecule has 0 spiro atoms. The minimum Gasteiger partial charge on any atom is -0.377 e. The number of carbonyl (C=O) groups excluding carboxylic acids is 1. The summed E-state index contributed by atoms with van der Waals surface area (Å²) in [4.78, 5) is 11.1. The smallest absolute Gasteiger partial charge is 0.246 e. The fraction of sp³-hybridized carbons (Fsp3) is 0.700. The molecule has 1 N–H and O–H groups in total. The fourth-order valence-corrected chi connectivity index (χ4v) is 0.765. The minimum absolute atomic E-state index is 0.0725. The summed E-state index contributed by atoms with van der Waals surface area (Å²) in [6.07, 6.45) is 1.07. The van der Waals surface area contributed by atoms with Crippen LogP contribution in [0.2, 0.25) is 0 Å². The Labute approximate surface area is 80.2 Å². The molecule has 0 bridgehead atoms. The van der Waals surface area contributed by atoms with Gasteiger partial charge in [0.15, 0.2) is 0 Å². The third-order valence-corrected chi connectivity index (χ3v) is 1.54. The Balaban J connectivity index is 3.51. The van der Waals surface area contributed by atoms with Crippen molar-refractivity contribution < 1.29 is 9.53 Å². The zero-order valence-corrected chi connectivity index (χ0v) is 8.72. The van der Waals surface area contributed by atoms with Crippen LogP contribution in [0, 0.1) is 0 Å². The van der Waals surface area contributed by atoms with Crippen LogP contribution in [0.4, 0.5) is 0 Å². The van der Waals surface area contributed by atoms with E-state index in [-0.39, 0.29) is 12.0 Å². The maximum Gasteiger partial charge on any atom is 0.246 e. The van der Waals surface area contributed by atoms with Crippen LogP contribution in [0.5, 0.6) is 0 Å². The molecule has 0 aromatic carbocycles. The third-order valence-electron chi connectivity index (χ3n) is 1.54. The van der Waals surface area contributed by atoms with Crippen molar-refractivity contribution >= 4 is 5.91 Å². The van der Waals surface area contributed by atoms with Crippen LogP contribution in [0.25, 0.3) is 0 Å². The summed E-state index contributed by atoms with van der Waals surface area (Å²) in [6.45, 7) is 10.5. The molecule has 0 radical (unpaired) electrons. The standard InChI is InChI=1S/C10H19NO2/c1-5-6-13-9(4)7-11-10(12)8(2)3/h9H,2,5-7H2,1,3-4H3,(H,11,12). The normalized spacial score (nSPS) is 12.2. The molecule has 0 aliphatic heterocycles. The van der Waals surface area contributed by atoms with Crippen molar-refractivity contribution in [2.45, 2.75) is 33.3 Å². The third kappa shape index (κ3) is 6.34. The van der Waals surface area contributed by atoms with Crippen LogP contribution in [0.3, 0.4) is 0 Å². The van der Waals surface area contributed by atoms with Gasteiger partial charge in [-0.25, -0.2) is 0 Å². The van der Waals surface area contributed by atoms with E-state index in [0.29, 0.717) is 12.1 Å². The Hall–Kier alpha value is -0.830. The van der Waals surface area contributed by atoms with Gasteiger partial charge in [-0.1, -0.05) is 13.5 Å². The lowest BCUT2D eigenvalue weighted by Crippen LogP contribution is -2.32. The van der Waals surface area contributed by atoms with Crippen LogP contribution in [-0.4, -0.2) is 25.2 Å². The van der Waals surface area contributed by atoms with Gasteiger partial charge in [-0.15, -0.1) is 0 Å². The first-order chi connectivity index (χ1) is 6.07. The van der Waals surface area contributed by atoms with Crippen molar-refractivity contribution in [3.8, 4) is 0 Å². The molecular formula is C10H19NO2. The van der Waals surface area contributed by atoms with Crippen LogP contribution >= 0.6 is 0 Å². The average molecular weight is 185 g/mol. The summed E-state index contributed by atoms with van der Waals surface area (Å²) < 4.78 is 5.38. The van der Waals surface area contributed by atoms with Crippen molar-refractivity contribution in [2.75, 3.05) is 13.2 Å². The molecule has 3 heteroatoms. The van der Waals surface area contributed by atoms with Crippen molar-refractivity contribution in [1.29, 1.82) is 0 Å². The summed E-state index contributed by atoms with van der Waals surface area (Å²) in [5.74, 6) is -0.105. The van der Waals surface area contributed by atoms with Gasteiger partial charge in [0.2, 0.25) is 5.91 Å². The SMILES string of the molecule is C=C(C)C(=O)NCC(C)OCCC. The van der Waals surface area contributed by atoms with Gasteiger partial charge in [-0.3, -0.25) is 4.79 Å². The van der Waals surface area contributed by atoms with Gasteiger partial charge in [-0.2, -0.15) is 0 Å². The molecule has 0 aromatic rings. The van der Waals surface area contributed by atoms with Gasteiger partial charge in [-0.05, 0) is 20.3 Å². The highest BCUT2D eigenvalue weighted by atomic mass is 16.5. The van der Waals surface area contributed by atoms with Crippen molar-refractivity contribution in [2.24, 2.45) is 0 Å². The minimum atomic E-state index is -0.105. The van der Waals surface area contributed by atoms with Gasteiger partial charge >= 0.3 is 0 Å². The molecule has 1 amide bonds. The van der Waals surface area contributed by atoms with E-state index < -0.39 is 0 Å². The predicted octanol–water partition coefficient (Wildman–Crippen LogP) is 1.49. The molecule has 3 nitrogen and oxygen atoms in total. The topological polar surface area (TPSA) is 38.3 Å². The number of ether oxygens (including phenoxy) is 1. The Bertz CT molecular complexity index is 178. The number of hydrogen-bond donors (Lipinski definition) is 1. The quantitative estimate of drug-likeness (QED) is 0.637. The number of amides is 1. The summed E-state index contributed by atoms with van der Waals surface area (Å²) in [5, 5.41) is 2.73. The van der Waals surface area contributed by atoms with Gasteiger partial charge < -0.3 is 10.1 Å². The molecule has 76 valence electrons. The molecule has 0 aromatic heterocycles. The van der Waals surface area contributed by atoms with Gasteiger partial charge in [0.05, 0.1) is 6.10 Å². The Kier molecular flexibility index (Phi) is 6.24. The maximum absolute atomic E-state index is 11.1. The number of rotatable bonds is 6. The lowest BCUT2D eigenvalue weighted by Gasteiger charge is -2.13. The first kappa shape index (κ1) is 12.2. The van der Waals surface area contributed by atoms with E-state index in [1.807, 2.05) is 6.92 Å². The van der Waals surface area contributed by atoms with Crippen molar-refractivity contribution in [3.63, 3.8) is 0 Å². The molecule has 0 saturated carbocycles. The van der Waals surface area contributed by atoms with Crippen molar-refractivity contribution in [1.82, 2.24) is 5.32 Å². The van der Waals surface area contributed by atoms with E-state index in [1.54, 1.807) is 6.92 Å². The number of hydrogen-bond acceptors (Lipinski definition) is 2.